The van der Waals surface area contributed by atoms with Gasteiger partial charge in [-0.1, -0.05) is 47.5 Å². The summed E-state index contributed by atoms with van der Waals surface area (Å²) in [7, 11) is 0. The van der Waals surface area contributed by atoms with Gasteiger partial charge in [0.15, 0.2) is 0 Å². The molecule has 1 N–H and O–H groups in total. The smallest absolute Gasteiger partial charge is 0.231 e. The van der Waals surface area contributed by atoms with Crippen LogP contribution in [0.3, 0.4) is 0 Å². The maximum Gasteiger partial charge on any atom is 0.231 e. The Labute approximate surface area is 142 Å². The molecule has 1 saturated carbocycles. The quantitative estimate of drug-likeness (QED) is 0.853. The number of benzene rings is 2. The lowest BCUT2D eigenvalue weighted by Gasteiger charge is -2.22. The Balaban J connectivity index is 1.78. The Morgan fingerprint density at radius 1 is 1.13 bits per heavy atom. The van der Waals surface area contributed by atoms with Crippen LogP contribution >= 0.6 is 11.6 Å². The molecule has 0 radical (unpaired) electrons. The van der Waals surface area contributed by atoms with E-state index in [9.17, 15) is 4.79 Å². The summed E-state index contributed by atoms with van der Waals surface area (Å²) in [5, 5.41) is 3.91. The summed E-state index contributed by atoms with van der Waals surface area (Å²) < 4.78 is 0. The van der Waals surface area contributed by atoms with Crippen LogP contribution in [0.4, 0.5) is 0 Å². The highest BCUT2D eigenvalue weighted by molar-refractivity contribution is 6.30. The van der Waals surface area contributed by atoms with Gasteiger partial charge >= 0.3 is 0 Å². The van der Waals surface area contributed by atoms with Crippen LogP contribution in [0.1, 0.15) is 48.1 Å². The minimum absolute atomic E-state index is 0.00664. The van der Waals surface area contributed by atoms with Crippen molar-refractivity contribution >= 4 is 17.5 Å². The third kappa shape index (κ3) is 3.13. The third-order valence-electron chi connectivity index (χ3n) is 4.83. The van der Waals surface area contributed by atoms with E-state index in [1.54, 1.807) is 0 Å². The summed E-state index contributed by atoms with van der Waals surface area (Å²) in [4.78, 5) is 12.8. The highest BCUT2D eigenvalue weighted by Crippen LogP contribution is 2.49. The van der Waals surface area contributed by atoms with Crippen LogP contribution in [-0.4, -0.2) is 5.91 Å². The van der Waals surface area contributed by atoms with Gasteiger partial charge in [0.05, 0.1) is 11.5 Å². The average Bonchev–Trinajstić information content (AvgIpc) is 3.32. The van der Waals surface area contributed by atoms with E-state index in [0.717, 1.165) is 18.4 Å². The van der Waals surface area contributed by atoms with Crippen LogP contribution in [0.25, 0.3) is 0 Å². The fourth-order valence-corrected chi connectivity index (χ4v) is 3.31. The molecule has 2 aromatic rings. The Morgan fingerprint density at radius 2 is 1.78 bits per heavy atom. The molecule has 0 aliphatic heterocycles. The van der Waals surface area contributed by atoms with Crippen molar-refractivity contribution in [1.29, 1.82) is 0 Å². The van der Waals surface area contributed by atoms with Crippen molar-refractivity contribution in [2.24, 2.45) is 0 Å². The molecule has 3 rings (SSSR count). The molecule has 23 heavy (non-hydrogen) atoms. The zero-order chi connectivity index (χ0) is 16.6. The number of carbonyl (C=O) groups excluding carboxylic acids is 1. The number of amides is 1. The number of rotatable bonds is 4. The van der Waals surface area contributed by atoms with E-state index in [2.05, 4.69) is 44.3 Å². The highest BCUT2D eigenvalue weighted by atomic mass is 35.5. The lowest BCUT2D eigenvalue weighted by atomic mass is 9.93. The summed E-state index contributed by atoms with van der Waals surface area (Å²) in [5.41, 5.74) is 4.31. The maximum atomic E-state index is 12.8. The lowest BCUT2D eigenvalue weighted by molar-refractivity contribution is -0.124. The van der Waals surface area contributed by atoms with Crippen LogP contribution in [0.5, 0.6) is 0 Å². The summed E-state index contributed by atoms with van der Waals surface area (Å²) in [6, 6.07) is 14.0. The van der Waals surface area contributed by atoms with E-state index >= 15 is 0 Å². The van der Waals surface area contributed by atoms with E-state index < -0.39 is 0 Å². The van der Waals surface area contributed by atoms with Gasteiger partial charge in [0.25, 0.3) is 0 Å². The van der Waals surface area contributed by atoms with Gasteiger partial charge in [-0.2, -0.15) is 0 Å². The molecule has 1 fully saturated rings. The number of hydrogen-bond acceptors (Lipinski definition) is 1. The van der Waals surface area contributed by atoms with Gasteiger partial charge in [0.1, 0.15) is 0 Å². The van der Waals surface area contributed by atoms with E-state index in [0.29, 0.717) is 5.02 Å². The van der Waals surface area contributed by atoms with Crippen molar-refractivity contribution in [2.45, 2.75) is 45.1 Å². The Hall–Kier alpha value is -1.80. The molecule has 1 atom stereocenters. The van der Waals surface area contributed by atoms with Gasteiger partial charge in [0.2, 0.25) is 5.91 Å². The molecule has 2 nitrogen and oxygen atoms in total. The molecule has 1 aliphatic rings. The van der Waals surface area contributed by atoms with Gasteiger partial charge in [-0.25, -0.2) is 0 Å². The van der Waals surface area contributed by atoms with Crippen molar-refractivity contribution < 1.29 is 4.79 Å². The van der Waals surface area contributed by atoms with Crippen molar-refractivity contribution in [3.63, 3.8) is 0 Å². The van der Waals surface area contributed by atoms with Gasteiger partial charge in [0, 0.05) is 5.02 Å². The molecule has 0 spiro atoms. The van der Waals surface area contributed by atoms with E-state index in [1.165, 1.54) is 16.7 Å². The minimum atomic E-state index is -0.365. The molecule has 0 aromatic heterocycles. The normalized spacial score (nSPS) is 16.7. The molecule has 1 aliphatic carbocycles. The molecule has 0 heterocycles. The molecular weight excluding hydrogens is 306 g/mol. The SMILES string of the molecule is Cc1ccc(C)c([C@@H](C)NC(=O)C2(c3ccc(Cl)cc3)CC2)c1. The van der Waals surface area contributed by atoms with Crippen molar-refractivity contribution in [3.8, 4) is 0 Å². The first-order valence-electron chi connectivity index (χ1n) is 8.06. The summed E-state index contributed by atoms with van der Waals surface area (Å²) in [5.74, 6) is 0.119. The molecule has 120 valence electrons. The van der Waals surface area contributed by atoms with E-state index in [1.807, 2.05) is 24.3 Å². The molecule has 3 heteroatoms. The summed E-state index contributed by atoms with van der Waals surface area (Å²) >= 11 is 5.96. The topological polar surface area (TPSA) is 29.1 Å². The molecule has 0 unspecified atom stereocenters. The largest absolute Gasteiger partial charge is 0.349 e. The van der Waals surface area contributed by atoms with Crippen LogP contribution < -0.4 is 5.32 Å². The van der Waals surface area contributed by atoms with Crippen molar-refractivity contribution in [2.75, 3.05) is 0 Å². The molecular formula is C20H22ClNO. The van der Waals surface area contributed by atoms with Crippen molar-refractivity contribution in [3.05, 3.63) is 69.7 Å². The standard InChI is InChI=1S/C20H22ClNO/c1-13-4-5-14(2)18(12-13)15(3)22-19(23)20(10-11-20)16-6-8-17(21)9-7-16/h4-9,12,15H,10-11H2,1-3H3,(H,22,23)/t15-/m1/s1. The maximum absolute atomic E-state index is 12.8. The van der Waals surface area contributed by atoms with E-state index in [4.69, 9.17) is 11.6 Å². The predicted molar refractivity (Wildman–Crippen MR) is 94.8 cm³/mol. The Bertz CT molecular complexity index is 732. The summed E-state index contributed by atoms with van der Waals surface area (Å²) in [6.07, 6.45) is 1.81. The van der Waals surface area contributed by atoms with Gasteiger partial charge in [-0.05, 0) is 62.4 Å². The first kappa shape index (κ1) is 16.1. The molecule has 1 amide bonds. The van der Waals surface area contributed by atoms with Crippen LogP contribution in [0, 0.1) is 13.8 Å². The second kappa shape index (κ2) is 6.01. The van der Waals surface area contributed by atoms with Crippen molar-refractivity contribution in [1.82, 2.24) is 5.32 Å². The zero-order valence-electron chi connectivity index (χ0n) is 13.8. The second-order valence-corrected chi connectivity index (χ2v) is 7.08. The van der Waals surface area contributed by atoms with Gasteiger partial charge < -0.3 is 5.32 Å². The van der Waals surface area contributed by atoms with Gasteiger partial charge in [-0.15, -0.1) is 0 Å². The number of halogens is 1. The van der Waals surface area contributed by atoms with Crippen LogP contribution in [0.15, 0.2) is 42.5 Å². The zero-order valence-corrected chi connectivity index (χ0v) is 14.6. The lowest BCUT2D eigenvalue weighted by Crippen LogP contribution is -2.36. The Morgan fingerprint density at radius 3 is 2.39 bits per heavy atom. The fraction of sp³-hybridized carbons (Fsp3) is 0.350. The van der Waals surface area contributed by atoms with E-state index in [-0.39, 0.29) is 17.4 Å². The monoisotopic (exact) mass is 327 g/mol. The third-order valence-corrected chi connectivity index (χ3v) is 5.08. The molecule has 0 saturated heterocycles. The predicted octanol–water partition coefficient (Wildman–Crippen LogP) is 4.87. The fourth-order valence-electron chi connectivity index (χ4n) is 3.18. The van der Waals surface area contributed by atoms with Crippen LogP contribution in [-0.2, 0) is 10.2 Å². The number of aryl methyl sites for hydroxylation is 2. The second-order valence-electron chi connectivity index (χ2n) is 6.64. The molecule has 2 aromatic carbocycles. The number of nitrogens with one attached hydrogen (secondary N) is 1. The molecule has 0 bridgehead atoms. The number of carbonyl (C=O) groups is 1. The minimum Gasteiger partial charge on any atom is -0.349 e. The highest BCUT2D eigenvalue weighted by Gasteiger charge is 2.51. The van der Waals surface area contributed by atoms with Crippen LogP contribution in [0.2, 0.25) is 5.02 Å². The first-order valence-corrected chi connectivity index (χ1v) is 8.44. The first-order chi connectivity index (χ1) is 10.9. The number of hydrogen-bond donors (Lipinski definition) is 1. The average molecular weight is 328 g/mol. The van der Waals surface area contributed by atoms with Gasteiger partial charge in [-0.3, -0.25) is 4.79 Å². The summed E-state index contributed by atoms with van der Waals surface area (Å²) in [6.45, 7) is 6.22. The Kier molecular flexibility index (Phi) is 4.20.